The van der Waals surface area contributed by atoms with E-state index in [1.54, 1.807) is 24.3 Å². The molecule has 0 fully saturated rings. The van der Waals surface area contributed by atoms with Crippen molar-refractivity contribution in [1.82, 2.24) is 0 Å². The van der Waals surface area contributed by atoms with Crippen LogP contribution in [0.3, 0.4) is 0 Å². The lowest BCUT2D eigenvalue weighted by molar-refractivity contribution is -0.384. The summed E-state index contributed by atoms with van der Waals surface area (Å²) in [5.74, 6) is -1.03. The number of allylic oxidation sites excluding steroid dienone is 1. The van der Waals surface area contributed by atoms with Gasteiger partial charge in [-0.1, -0.05) is 46.3 Å². The second kappa shape index (κ2) is 9.63. The minimum Gasteiger partial charge on any atom is -0.422 e. The summed E-state index contributed by atoms with van der Waals surface area (Å²) in [5.41, 5.74) is 0.207. The summed E-state index contributed by atoms with van der Waals surface area (Å²) >= 11 is 3.35. The van der Waals surface area contributed by atoms with Gasteiger partial charge in [0, 0.05) is 33.2 Å². The Morgan fingerprint density at radius 3 is 2.50 bits per heavy atom. The highest BCUT2D eigenvalue weighted by molar-refractivity contribution is 9.10. The van der Waals surface area contributed by atoms with Crippen molar-refractivity contribution in [1.29, 1.82) is 0 Å². The van der Waals surface area contributed by atoms with Crippen LogP contribution in [0.5, 0.6) is 0 Å². The Hall–Kier alpha value is -4.37. The molecule has 0 aliphatic rings. The molecule has 0 unspecified atom stereocenters. The van der Waals surface area contributed by atoms with E-state index in [2.05, 4.69) is 21.2 Å². The third-order valence-corrected chi connectivity index (χ3v) is 5.40. The maximum Gasteiger partial charge on any atom is 0.349 e. The fourth-order valence-electron chi connectivity index (χ4n) is 3.17. The molecule has 0 aliphatic heterocycles. The van der Waals surface area contributed by atoms with Crippen LogP contribution in [-0.2, 0) is 0 Å². The fourth-order valence-corrected chi connectivity index (χ4v) is 3.44. The minimum absolute atomic E-state index is 0.123. The average Bonchev–Trinajstić information content (AvgIpc) is 2.82. The van der Waals surface area contributed by atoms with E-state index in [0.717, 1.165) is 10.0 Å². The van der Waals surface area contributed by atoms with Crippen molar-refractivity contribution in [3.05, 3.63) is 121 Å². The number of nitrogens with zero attached hydrogens (tertiary/aromatic N) is 1. The maximum atomic E-state index is 12.7. The second-order valence-corrected chi connectivity index (χ2v) is 8.13. The van der Waals surface area contributed by atoms with E-state index in [-0.39, 0.29) is 28.0 Å². The van der Waals surface area contributed by atoms with Gasteiger partial charge in [0.1, 0.15) is 11.1 Å². The molecule has 168 valence electrons. The lowest BCUT2D eigenvalue weighted by Crippen LogP contribution is -2.20. The Morgan fingerprint density at radius 2 is 1.76 bits per heavy atom. The molecule has 0 bridgehead atoms. The molecule has 3 aromatic carbocycles. The Balaban J connectivity index is 1.55. The van der Waals surface area contributed by atoms with Crippen molar-refractivity contribution < 1.29 is 18.9 Å². The van der Waals surface area contributed by atoms with Crippen LogP contribution in [0.4, 0.5) is 11.4 Å². The van der Waals surface area contributed by atoms with E-state index in [9.17, 15) is 24.5 Å². The summed E-state index contributed by atoms with van der Waals surface area (Å²) in [7, 11) is 0. The Kier molecular flexibility index (Phi) is 6.46. The third-order valence-electron chi connectivity index (χ3n) is 4.87. The zero-order valence-corrected chi connectivity index (χ0v) is 18.9. The number of nitrogens with one attached hydrogen (secondary N) is 1. The minimum atomic E-state index is -0.886. The van der Waals surface area contributed by atoms with E-state index in [4.69, 9.17) is 4.42 Å². The van der Waals surface area contributed by atoms with Gasteiger partial charge in [0.25, 0.3) is 11.6 Å². The third kappa shape index (κ3) is 5.16. The molecular weight excluding hydrogens is 504 g/mol. The van der Waals surface area contributed by atoms with Crippen LogP contribution in [0.2, 0.25) is 0 Å². The number of hydrogen-bond donors (Lipinski definition) is 1. The Labute approximate surface area is 200 Å². The number of nitro groups is 1. The van der Waals surface area contributed by atoms with Gasteiger partial charge in [-0.25, -0.2) is 4.79 Å². The number of nitro benzene ring substituents is 1. The molecule has 1 heterocycles. The number of carbonyl (C=O) groups is 2. The highest BCUT2D eigenvalue weighted by atomic mass is 79.9. The van der Waals surface area contributed by atoms with E-state index in [0.29, 0.717) is 11.3 Å². The van der Waals surface area contributed by atoms with Gasteiger partial charge in [-0.2, -0.15) is 0 Å². The predicted octanol–water partition coefficient (Wildman–Crippen LogP) is 5.61. The van der Waals surface area contributed by atoms with Crippen molar-refractivity contribution in [3.8, 4) is 0 Å². The molecule has 4 aromatic rings. The molecule has 0 saturated carbocycles. The van der Waals surface area contributed by atoms with Crippen molar-refractivity contribution in [2.45, 2.75) is 0 Å². The summed E-state index contributed by atoms with van der Waals surface area (Å²) in [6.07, 6.45) is 3.11. The monoisotopic (exact) mass is 518 g/mol. The van der Waals surface area contributed by atoms with Crippen molar-refractivity contribution in [2.24, 2.45) is 0 Å². The second-order valence-electron chi connectivity index (χ2n) is 7.21. The molecule has 1 N–H and O–H groups in total. The fraction of sp³-hybridized carbons (Fsp3) is 0. The smallest absolute Gasteiger partial charge is 0.349 e. The first kappa shape index (κ1) is 22.8. The number of amides is 1. The number of fused-ring (bicyclic) bond motifs is 1. The van der Waals surface area contributed by atoms with E-state index >= 15 is 0 Å². The molecule has 0 radical (unpaired) electrons. The first-order valence-electron chi connectivity index (χ1n) is 9.92. The number of non-ortho nitro benzene ring substituents is 1. The number of ketones is 1. The van der Waals surface area contributed by atoms with Crippen molar-refractivity contribution in [3.63, 3.8) is 0 Å². The number of carbonyl (C=O) groups excluding carboxylic acids is 2. The quantitative estimate of drug-likeness (QED) is 0.116. The van der Waals surface area contributed by atoms with Gasteiger partial charge < -0.3 is 9.73 Å². The van der Waals surface area contributed by atoms with Crippen LogP contribution in [0.25, 0.3) is 17.0 Å². The van der Waals surface area contributed by atoms with Crippen LogP contribution in [-0.4, -0.2) is 16.6 Å². The van der Waals surface area contributed by atoms with Crippen molar-refractivity contribution in [2.75, 3.05) is 5.32 Å². The van der Waals surface area contributed by atoms with Crippen LogP contribution < -0.4 is 10.9 Å². The maximum absolute atomic E-state index is 12.7. The topological polar surface area (TPSA) is 120 Å². The molecule has 1 aromatic heterocycles. The highest BCUT2D eigenvalue weighted by Gasteiger charge is 2.16. The molecule has 0 saturated heterocycles. The summed E-state index contributed by atoms with van der Waals surface area (Å²) in [4.78, 5) is 47.9. The highest BCUT2D eigenvalue weighted by Crippen LogP contribution is 2.21. The molecule has 0 aliphatic carbocycles. The molecule has 9 heteroatoms. The number of anilines is 1. The summed E-state index contributed by atoms with van der Waals surface area (Å²) < 4.78 is 6.05. The number of hydrogen-bond acceptors (Lipinski definition) is 6. The van der Waals surface area contributed by atoms with Crippen LogP contribution >= 0.6 is 15.9 Å². The molecule has 8 nitrogen and oxygen atoms in total. The Bertz CT molecular complexity index is 1520. The largest absolute Gasteiger partial charge is 0.422 e. The zero-order chi connectivity index (χ0) is 24.2. The van der Waals surface area contributed by atoms with Crippen LogP contribution in [0, 0.1) is 10.1 Å². The van der Waals surface area contributed by atoms with Gasteiger partial charge in [-0.15, -0.1) is 0 Å². The van der Waals surface area contributed by atoms with E-state index < -0.39 is 16.5 Å². The lowest BCUT2D eigenvalue weighted by atomic mass is 10.1. The first-order valence-corrected chi connectivity index (χ1v) is 10.7. The number of benzene rings is 3. The predicted molar refractivity (Wildman–Crippen MR) is 131 cm³/mol. The van der Waals surface area contributed by atoms with Gasteiger partial charge in [0.15, 0.2) is 5.78 Å². The summed E-state index contributed by atoms with van der Waals surface area (Å²) in [5, 5.41) is 13.8. The zero-order valence-electron chi connectivity index (χ0n) is 17.4. The molecule has 0 atom stereocenters. The first-order chi connectivity index (χ1) is 16.3. The number of rotatable bonds is 6. The molecule has 34 heavy (non-hydrogen) atoms. The van der Waals surface area contributed by atoms with Crippen LogP contribution in [0.15, 0.2) is 92.6 Å². The summed E-state index contributed by atoms with van der Waals surface area (Å²) in [6.45, 7) is 0. The van der Waals surface area contributed by atoms with Gasteiger partial charge in [-0.05, 0) is 48.0 Å². The van der Waals surface area contributed by atoms with E-state index in [1.165, 1.54) is 36.4 Å². The van der Waals surface area contributed by atoms with Gasteiger partial charge >= 0.3 is 5.63 Å². The molecular formula is C25H15BrN2O6. The van der Waals surface area contributed by atoms with Crippen molar-refractivity contribution >= 4 is 56.0 Å². The normalized spacial score (nSPS) is 11.0. The molecule has 1 amide bonds. The summed E-state index contributed by atoms with van der Waals surface area (Å²) in [6, 6.07) is 18.7. The number of halogens is 1. The van der Waals surface area contributed by atoms with Crippen LogP contribution in [0.1, 0.15) is 26.3 Å². The van der Waals surface area contributed by atoms with Gasteiger partial charge in [0.2, 0.25) is 0 Å². The van der Waals surface area contributed by atoms with Gasteiger partial charge in [-0.3, -0.25) is 19.7 Å². The van der Waals surface area contributed by atoms with Gasteiger partial charge in [0.05, 0.1) is 4.92 Å². The SMILES string of the molecule is O=C(/C=C/c1ccc(Br)cc1)c1cccc(NC(=O)c2cc3cc([N+](=O)[O-])ccc3oc2=O)c1. The average molecular weight is 519 g/mol. The standard InChI is InChI=1S/C25H15BrN2O6/c26-18-7-4-15(5-8-18)6-10-22(29)16-2-1-3-19(12-16)27-24(30)21-14-17-13-20(28(32)33)9-11-23(17)34-25(21)31/h1-14H,(H,27,30)/b10-6+. The Morgan fingerprint density at radius 1 is 1.00 bits per heavy atom. The van der Waals surface area contributed by atoms with E-state index in [1.807, 2.05) is 24.3 Å². The molecule has 4 rings (SSSR count). The molecule has 0 spiro atoms. The lowest BCUT2D eigenvalue weighted by Gasteiger charge is -2.06.